The van der Waals surface area contributed by atoms with Gasteiger partial charge in [-0.2, -0.15) is 0 Å². The van der Waals surface area contributed by atoms with Gasteiger partial charge in [-0.15, -0.1) is 0 Å². The first-order valence-corrected chi connectivity index (χ1v) is 6.65. The molecule has 0 saturated carbocycles. The van der Waals surface area contributed by atoms with Crippen LogP contribution in [0.25, 0.3) is 0 Å². The Morgan fingerprint density at radius 1 is 1.41 bits per heavy atom. The lowest BCUT2D eigenvalue weighted by molar-refractivity contribution is -0.134. The van der Waals surface area contributed by atoms with Crippen LogP contribution in [0.5, 0.6) is 5.75 Å². The molecule has 0 atom stereocenters. The summed E-state index contributed by atoms with van der Waals surface area (Å²) >= 11 is 0. The molecule has 7 nitrogen and oxygen atoms in total. The van der Waals surface area contributed by atoms with Crippen molar-refractivity contribution in [1.29, 1.82) is 0 Å². The predicted molar refractivity (Wildman–Crippen MR) is 78.5 cm³/mol. The van der Waals surface area contributed by atoms with Crippen molar-refractivity contribution in [3.05, 3.63) is 36.4 Å². The number of fused-ring (bicyclic) bond motifs is 1. The molecular weight excluding hydrogens is 288 g/mol. The second-order valence-electron chi connectivity index (χ2n) is 4.47. The lowest BCUT2D eigenvalue weighted by atomic mass is 10.2. The summed E-state index contributed by atoms with van der Waals surface area (Å²) in [5, 5.41) is 2.59. The van der Waals surface area contributed by atoms with Gasteiger partial charge in [0.25, 0.3) is 5.91 Å². The number of hydrogen-bond acceptors (Lipinski definition) is 5. The fourth-order valence-corrected chi connectivity index (χ4v) is 1.92. The van der Waals surface area contributed by atoms with Crippen LogP contribution in [0.1, 0.15) is 0 Å². The molecule has 1 aliphatic heterocycles. The van der Waals surface area contributed by atoms with Crippen molar-refractivity contribution >= 4 is 23.5 Å². The summed E-state index contributed by atoms with van der Waals surface area (Å²) in [6.07, 6.45) is 2.69. The zero-order chi connectivity index (χ0) is 15.9. The van der Waals surface area contributed by atoms with Gasteiger partial charge < -0.3 is 14.8 Å². The van der Waals surface area contributed by atoms with Crippen molar-refractivity contribution in [3.8, 4) is 5.75 Å². The number of nitrogens with zero attached hydrogens (tertiary/aromatic N) is 1. The monoisotopic (exact) mass is 304 g/mol. The summed E-state index contributed by atoms with van der Waals surface area (Å²) in [4.78, 5) is 36.0. The Labute approximate surface area is 127 Å². The zero-order valence-corrected chi connectivity index (χ0v) is 12.1. The number of hydrogen-bond donors (Lipinski definition) is 1. The van der Waals surface area contributed by atoms with Crippen LogP contribution in [0.15, 0.2) is 36.4 Å². The van der Waals surface area contributed by atoms with Crippen molar-refractivity contribution in [3.63, 3.8) is 0 Å². The van der Waals surface area contributed by atoms with Crippen LogP contribution in [0.2, 0.25) is 0 Å². The lowest BCUT2D eigenvalue weighted by Gasteiger charge is -2.28. The van der Waals surface area contributed by atoms with E-state index in [-0.39, 0.29) is 31.5 Å². The molecule has 1 heterocycles. The second kappa shape index (κ2) is 7.26. The van der Waals surface area contributed by atoms with E-state index in [1.807, 2.05) is 0 Å². The van der Waals surface area contributed by atoms with E-state index in [9.17, 15) is 14.4 Å². The zero-order valence-electron chi connectivity index (χ0n) is 12.1. The van der Waals surface area contributed by atoms with Gasteiger partial charge in [-0.25, -0.2) is 4.79 Å². The Bertz CT molecular complexity index is 612. The lowest BCUT2D eigenvalue weighted by Crippen LogP contribution is -2.45. The largest absolute Gasteiger partial charge is 0.482 e. The highest BCUT2D eigenvalue weighted by atomic mass is 16.5. The highest BCUT2D eigenvalue weighted by molar-refractivity contribution is 6.02. The molecule has 0 saturated heterocycles. The Morgan fingerprint density at radius 3 is 2.95 bits per heavy atom. The minimum Gasteiger partial charge on any atom is -0.482 e. The van der Waals surface area contributed by atoms with E-state index < -0.39 is 5.97 Å². The number of nitrogens with one attached hydrogen (secondary N) is 1. The summed E-state index contributed by atoms with van der Waals surface area (Å²) in [6.45, 7) is -0.0219. The van der Waals surface area contributed by atoms with Gasteiger partial charge in [0, 0.05) is 12.6 Å². The van der Waals surface area contributed by atoms with Gasteiger partial charge in [0.2, 0.25) is 5.91 Å². The number of anilines is 1. The smallest absolute Gasteiger partial charge is 0.330 e. The molecule has 0 radical (unpaired) electrons. The van der Waals surface area contributed by atoms with Crippen molar-refractivity contribution in [2.75, 3.05) is 31.7 Å². The molecule has 0 spiro atoms. The Kier molecular flexibility index (Phi) is 5.13. The van der Waals surface area contributed by atoms with Crippen LogP contribution in [0, 0.1) is 0 Å². The highest BCUT2D eigenvalue weighted by Gasteiger charge is 2.26. The summed E-state index contributed by atoms with van der Waals surface area (Å²) in [5.74, 6) is -0.537. The third-order valence-electron chi connectivity index (χ3n) is 2.98. The summed E-state index contributed by atoms with van der Waals surface area (Å²) in [5.41, 5.74) is 0.569. The number of carbonyl (C=O) groups excluding carboxylic acids is 3. The van der Waals surface area contributed by atoms with Crippen molar-refractivity contribution < 1.29 is 23.9 Å². The first-order chi connectivity index (χ1) is 10.6. The van der Waals surface area contributed by atoms with E-state index in [2.05, 4.69) is 10.1 Å². The van der Waals surface area contributed by atoms with Crippen LogP contribution in [-0.4, -0.2) is 44.6 Å². The van der Waals surface area contributed by atoms with Crippen LogP contribution in [0.4, 0.5) is 5.69 Å². The molecule has 7 heteroatoms. The topological polar surface area (TPSA) is 84.9 Å². The Morgan fingerprint density at radius 2 is 2.18 bits per heavy atom. The van der Waals surface area contributed by atoms with Crippen molar-refractivity contribution in [2.24, 2.45) is 0 Å². The number of amides is 2. The number of methoxy groups -OCH3 is 1. The summed E-state index contributed by atoms with van der Waals surface area (Å²) in [7, 11) is 1.27. The molecule has 0 fully saturated rings. The normalized spacial score (nSPS) is 13.5. The van der Waals surface area contributed by atoms with Crippen LogP contribution < -0.4 is 15.0 Å². The molecule has 1 aromatic rings. The highest BCUT2D eigenvalue weighted by Crippen LogP contribution is 2.30. The molecule has 1 N–H and O–H groups in total. The van der Waals surface area contributed by atoms with Gasteiger partial charge in [-0.1, -0.05) is 18.2 Å². The van der Waals surface area contributed by atoms with Gasteiger partial charge in [-0.05, 0) is 12.1 Å². The molecule has 0 aromatic heterocycles. The minimum atomic E-state index is -0.494. The fourth-order valence-electron chi connectivity index (χ4n) is 1.92. The number of rotatable bonds is 5. The molecule has 0 bridgehead atoms. The summed E-state index contributed by atoms with van der Waals surface area (Å²) in [6, 6.07) is 7.03. The third kappa shape index (κ3) is 3.85. The molecule has 2 rings (SSSR count). The summed E-state index contributed by atoms with van der Waals surface area (Å²) < 4.78 is 9.73. The number of para-hydroxylation sites is 2. The molecule has 116 valence electrons. The first-order valence-electron chi connectivity index (χ1n) is 6.65. The molecule has 22 heavy (non-hydrogen) atoms. The number of esters is 1. The maximum absolute atomic E-state index is 11.9. The van der Waals surface area contributed by atoms with E-state index in [1.54, 1.807) is 24.3 Å². The molecule has 0 unspecified atom stereocenters. The standard InChI is InChI=1S/C15H16N2O5/c1-21-15(20)7-4-8-16-13(18)9-17-11-5-2-3-6-12(11)22-10-14(17)19/h2-7H,8-10H2,1H3,(H,16,18)/b7-4+. The van der Waals surface area contributed by atoms with Gasteiger partial charge in [0.15, 0.2) is 6.61 Å². The van der Waals surface area contributed by atoms with Crippen LogP contribution >= 0.6 is 0 Å². The maximum atomic E-state index is 11.9. The minimum absolute atomic E-state index is 0.0907. The SMILES string of the molecule is COC(=O)/C=C/CNC(=O)CN1C(=O)COc2ccccc21. The molecular formula is C15H16N2O5. The van der Waals surface area contributed by atoms with Gasteiger partial charge in [0.1, 0.15) is 12.3 Å². The average molecular weight is 304 g/mol. The molecule has 1 aliphatic rings. The van der Waals surface area contributed by atoms with Gasteiger partial charge >= 0.3 is 5.97 Å². The van der Waals surface area contributed by atoms with E-state index in [0.29, 0.717) is 11.4 Å². The molecule has 0 aliphatic carbocycles. The van der Waals surface area contributed by atoms with E-state index in [1.165, 1.54) is 24.2 Å². The van der Waals surface area contributed by atoms with Crippen LogP contribution in [0.3, 0.4) is 0 Å². The molecule has 2 amide bonds. The number of ether oxygens (including phenoxy) is 2. The predicted octanol–water partition coefficient (Wildman–Crippen LogP) is 0.257. The van der Waals surface area contributed by atoms with E-state index in [4.69, 9.17) is 4.74 Å². The maximum Gasteiger partial charge on any atom is 0.330 e. The number of benzene rings is 1. The Balaban J connectivity index is 1.93. The van der Waals surface area contributed by atoms with Crippen molar-refractivity contribution in [1.82, 2.24) is 5.32 Å². The first kappa shape index (κ1) is 15.6. The Hall–Kier alpha value is -2.83. The van der Waals surface area contributed by atoms with Crippen LogP contribution in [-0.2, 0) is 19.1 Å². The quantitative estimate of drug-likeness (QED) is 0.623. The van der Waals surface area contributed by atoms with Crippen molar-refractivity contribution in [2.45, 2.75) is 0 Å². The van der Waals surface area contributed by atoms with E-state index >= 15 is 0 Å². The van der Waals surface area contributed by atoms with Gasteiger partial charge in [0.05, 0.1) is 12.8 Å². The fraction of sp³-hybridized carbons (Fsp3) is 0.267. The van der Waals surface area contributed by atoms with E-state index in [0.717, 1.165) is 0 Å². The average Bonchev–Trinajstić information content (AvgIpc) is 2.54. The third-order valence-corrected chi connectivity index (χ3v) is 2.98. The van der Waals surface area contributed by atoms with Gasteiger partial charge in [-0.3, -0.25) is 14.5 Å². The number of carbonyl (C=O) groups is 3. The second-order valence-corrected chi connectivity index (χ2v) is 4.47. The molecule has 1 aromatic carbocycles.